The van der Waals surface area contributed by atoms with Gasteiger partial charge in [0.15, 0.2) is 11.5 Å². The maximum atomic E-state index is 12.9. The van der Waals surface area contributed by atoms with Gasteiger partial charge in [0, 0.05) is 19.7 Å². The summed E-state index contributed by atoms with van der Waals surface area (Å²) in [6.45, 7) is 0.989. The molecule has 2 aromatic carbocycles. The number of hydrogen-bond donors (Lipinski definition) is 0. The van der Waals surface area contributed by atoms with Gasteiger partial charge in [0.25, 0.3) is 0 Å². The molecule has 0 unspecified atom stereocenters. The Kier molecular flexibility index (Phi) is 4.23. The molecule has 0 saturated carbocycles. The van der Waals surface area contributed by atoms with E-state index in [-0.39, 0.29) is 17.3 Å². The molecule has 0 radical (unpaired) electrons. The Hall–Kier alpha value is -2.12. The highest BCUT2D eigenvalue weighted by atomic mass is 32.2. The lowest BCUT2D eigenvalue weighted by atomic mass is 10.2. The molecule has 0 aliphatic carbocycles. The van der Waals surface area contributed by atoms with E-state index >= 15 is 0 Å². The van der Waals surface area contributed by atoms with Crippen molar-refractivity contribution in [1.82, 2.24) is 4.31 Å². The lowest BCUT2D eigenvalue weighted by Crippen LogP contribution is -2.26. The van der Waals surface area contributed by atoms with E-state index in [1.54, 1.807) is 18.2 Å². The quantitative estimate of drug-likeness (QED) is 0.860. The summed E-state index contributed by atoms with van der Waals surface area (Å²) in [6, 6.07) is 10.3. The molecular weight excluding hydrogens is 321 g/mol. The molecule has 0 fully saturated rings. The number of hydrogen-bond acceptors (Lipinski definition) is 4. The summed E-state index contributed by atoms with van der Waals surface area (Å²) >= 11 is 0. The van der Waals surface area contributed by atoms with Crippen LogP contribution in [-0.4, -0.2) is 33.0 Å². The molecule has 23 heavy (non-hydrogen) atoms. The highest BCUT2D eigenvalue weighted by Crippen LogP contribution is 2.33. The first kappa shape index (κ1) is 15.8. The Labute approximate surface area is 134 Å². The fourth-order valence-corrected chi connectivity index (χ4v) is 3.47. The summed E-state index contributed by atoms with van der Waals surface area (Å²) < 4.78 is 50.2. The standard InChI is InChI=1S/C16H16FNO4S/c1-18(11-12-2-4-13(17)5-3-12)23(19,20)14-6-7-15-16(10-14)22-9-8-21-15/h2-7,10H,8-9,11H2,1H3. The number of nitrogens with zero attached hydrogens (tertiary/aromatic N) is 1. The second-order valence-electron chi connectivity index (χ2n) is 5.19. The van der Waals surface area contributed by atoms with Crippen LogP contribution in [0.25, 0.3) is 0 Å². The van der Waals surface area contributed by atoms with Crippen LogP contribution in [0, 0.1) is 5.82 Å². The van der Waals surface area contributed by atoms with E-state index in [2.05, 4.69) is 0 Å². The second-order valence-corrected chi connectivity index (χ2v) is 7.24. The van der Waals surface area contributed by atoms with Gasteiger partial charge in [-0.15, -0.1) is 0 Å². The van der Waals surface area contributed by atoms with Crippen molar-refractivity contribution in [3.05, 3.63) is 53.8 Å². The van der Waals surface area contributed by atoms with Gasteiger partial charge in [-0.3, -0.25) is 0 Å². The number of rotatable bonds is 4. The first-order valence-corrected chi connectivity index (χ1v) is 8.51. The summed E-state index contributed by atoms with van der Waals surface area (Å²) in [5.41, 5.74) is 0.704. The molecule has 2 aromatic rings. The van der Waals surface area contributed by atoms with Crippen molar-refractivity contribution < 1.29 is 22.3 Å². The number of ether oxygens (including phenoxy) is 2. The average Bonchev–Trinajstić information content (AvgIpc) is 2.56. The van der Waals surface area contributed by atoms with Crippen LogP contribution in [0.4, 0.5) is 4.39 Å². The van der Waals surface area contributed by atoms with Crippen LogP contribution in [0.1, 0.15) is 5.56 Å². The lowest BCUT2D eigenvalue weighted by molar-refractivity contribution is 0.171. The van der Waals surface area contributed by atoms with Crippen molar-refractivity contribution in [2.24, 2.45) is 0 Å². The molecule has 3 rings (SSSR count). The zero-order valence-corrected chi connectivity index (χ0v) is 13.3. The smallest absolute Gasteiger partial charge is 0.243 e. The van der Waals surface area contributed by atoms with Crippen LogP contribution < -0.4 is 9.47 Å². The molecule has 0 saturated heterocycles. The van der Waals surface area contributed by atoms with E-state index in [9.17, 15) is 12.8 Å². The molecule has 0 amide bonds. The van der Waals surface area contributed by atoms with Crippen LogP contribution in [0.15, 0.2) is 47.4 Å². The zero-order valence-electron chi connectivity index (χ0n) is 12.5. The first-order valence-electron chi connectivity index (χ1n) is 7.07. The van der Waals surface area contributed by atoms with Crippen molar-refractivity contribution in [3.63, 3.8) is 0 Å². The van der Waals surface area contributed by atoms with Gasteiger partial charge in [-0.2, -0.15) is 4.31 Å². The summed E-state index contributed by atoms with van der Waals surface area (Å²) in [5, 5.41) is 0. The molecule has 0 aromatic heterocycles. The van der Waals surface area contributed by atoms with E-state index in [4.69, 9.17) is 9.47 Å². The maximum absolute atomic E-state index is 12.9. The SMILES string of the molecule is CN(Cc1ccc(F)cc1)S(=O)(=O)c1ccc2c(c1)OCCO2. The predicted octanol–water partition coefficient (Wildman–Crippen LogP) is 2.42. The molecule has 0 N–H and O–H groups in total. The summed E-state index contributed by atoms with van der Waals surface area (Å²) in [4.78, 5) is 0.131. The molecule has 7 heteroatoms. The van der Waals surface area contributed by atoms with Gasteiger partial charge in [-0.1, -0.05) is 12.1 Å². The van der Waals surface area contributed by atoms with E-state index in [0.717, 1.165) is 0 Å². The lowest BCUT2D eigenvalue weighted by Gasteiger charge is -2.21. The number of benzene rings is 2. The molecule has 0 spiro atoms. The topological polar surface area (TPSA) is 55.8 Å². The van der Waals surface area contributed by atoms with Crippen molar-refractivity contribution in [2.45, 2.75) is 11.4 Å². The Morgan fingerprint density at radius 3 is 2.39 bits per heavy atom. The first-order chi connectivity index (χ1) is 11.0. The van der Waals surface area contributed by atoms with E-state index in [1.165, 1.54) is 35.6 Å². The van der Waals surface area contributed by atoms with Gasteiger partial charge in [0.1, 0.15) is 19.0 Å². The monoisotopic (exact) mass is 337 g/mol. The van der Waals surface area contributed by atoms with Crippen molar-refractivity contribution in [3.8, 4) is 11.5 Å². The van der Waals surface area contributed by atoms with Crippen LogP contribution in [0.2, 0.25) is 0 Å². The minimum atomic E-state index is -3.68. The Morgan fingerprint density at radius 1 is 1.04 bits per heavy atom. The number of sulfonamides is 1. The van der Waals surface area contributed by atoms with E-state index in [1.807, 2.05) is 0 Å². The van der Waals surface area contributed by atoms with Gasteiger partial charge >= 0.3 is 0 Å². The number of fused-ring (bicyclic) bond motifs is 1. The minimum absolute atomic E-state index is 0.131. The minimum Gasteiger partial charge on any atom is -0.486 e. The Bertz CT molecular complexity index is 805. The van der Waals surface area contributed by atoms with Crippen LogP contribution >= 0.6 is 0 Å². The van der Waals surface area contributed by atoms with Crippen LogP contribution in [0.3, 0.4) is 0 Å². The summed E-state index contributed by atoms with van der Waals surface area (Å²) in [6.07, 6.45) is 0. The fraction of sp³-hybridized carbons (Fsp3) is 0.250. The molecule has 1 heterocycles. The fourth-order valence-electron chi connectivity index (χ4n) is 2.30. The third-order valence-corrected chi connectivity index (χ3v) is 5.34. The average molecular weight is 337 g/mol. The predicted molar refractivity (Wildman–Crippen MR) is 82.5 cm³/mol. The van der Waals surface area contributed by atoms with E-state index < -0.39 is 10.0 Å². The Balaban J connectivity index is 1.84. The van der Waals surface area contributed by atoms with Gasteiger partial charge < -0.3 is 9.47 Å². The van der Waals surface area contributed by atoms with Crippen molar-refractivity contribution in [1.29, 1.82) is 0 Å². The molecule has 0 atom stereocenters. The molecule has 5 nitrogen and oxygen atoms in total. The highest BCUT2D eigenvalue weighted by Gasteiger charge is 2.23. The second kappa shape index (κ2) is 6.17. The molecule has 1 aliphatic heterocycles. The Morgan fingerprint density at radius 2 is 1.70 bits per heavy atom. The van der Waals surface area contributed by atoms with E-state index in [0.29, 0.717) is 30.3 Å². The largest absolute Gasteiger partial charge is 0.486 e. The van der Waals surface area contributed by atoms with Crippen LogP contribution in [-0.2, 0) is 16.6 Å². The zero-order chi connectivity index (χ0) is 16.4. The number of halogens is 1. The van der Waals surface area contributed by atoms with Crippen molar-refractivity contribution in [2.75, 3.05) is 20.3 Å². The normalized spacial score (nSPS) is 14.0. The summed E-state index contributed by atoms with van der Waals surface area (Å²) in [5.74, 6) is 0.606. The van der Waals surface area contributed by atoms with Gasteiger partial charge in [0.2, 0.25) is 10.0 Å². The molecule has 0 bridgehead atoms. The molecular formula is C16H16FNO4S. The van der Waals surface area contributed by atoms with Gasteiger partial charge in [-0.05, 0) is 29.8 Å². The highest BCUT2D eigenvalue weighted by molar-refractivity contribution is 7.89. The summed E-state index contributed by atoms with van der Waals surface area (Å²) in [7, 11) is -2.20. The van der Waals surface area contributed by atoms with Gasteiger partial charge in [0.05, 0.1) is 4.90 Å². The molecule has 122 valence electrons. The van der Waals surface area contributed by atoms with Crippen molar-refractivity contribution >= 4 is 10.0 Å². The maximum Gasteiger partial charge on any atom is 0.243 e. The van der Waals surface area contributed by atoms with Crippen LogP contribution in [0.5, 0.6) is 11.5 Å². The van der Waals surface area contributed by atoms with Gasteiger partial charge in [-0.25, -0.2) is 12.8 Å². The third kappa shape index (κ3) is 3.30. The third-order valence-electron chi connectivity index (χ3n) is 3.54. The molecule has 1 aliphatic rings.